The predicted octanol–water partition coefficient (Wildman–Crippen LogP) is 2.24. The molecule has 7 nitrogen and oxygen atoms in total. The van der Waals surface area contributed by atoms with Crippen LogP contribution in [0.2, 0.25) is 0 Å². The second-order valence-corrected chi connectivity index (χ2v) is 4.70. The van der Waals surface area contributed by atoms with Crippen LogP contribution in [0.25, 0.3) is 5.76 Å². The number of anilines is 1. The Morgan fingerprint density at radius 2 is 2.00 bits per heavy atom. The van der Waals surface area contributed by atoms with E-state index in [0.717, 1.165) is 0 Å². The summed E-state index contributed by atoms with van der Waals surface area (Å²) in [6, 6.07) is 2.97. The maximum absolute atomic E-state index is 12.2. The zero-order valence-electron chi connectivity index (χ0n) is 13.4. The molecule has 1 aromatic rings. The van der Waals surface area contributed by atoms with E-state index in [2.05, 4.69) is 10.3 Å². The highest BCUT2D eigenvalue weighted by Crippen LogP contribution is 2.24. The molecule has 1 heterocycles. The van der Waals surface area contributed by atoms with Crippen LogP contribution < -0.4 is 5.32 Å². The number of aromatic nitrogens is 1. The molecule has 0 aliphatic rings. The summed E-state index contributed by atoms with van der Waals surface area (Å²) in [5.74, 6) is -2.32. The summed E-state index contributed by atoms with van der Waals surface area (Å²) in [4.78, 5) is 39.4. The van der Waals surface area contributed by atoms with E-state index >= 15 is 0 Å². The van der Waals surface area contributed by atoms with E-state index in [-0.39, 0.29) is 24.4 Å². The van der Waals surface area contributed by atoms with Crippen molar-refractivity contribution in [3.63, 3.8) is 0 Å². The molecule has 0 aliphatic carbocycles. The third-order valence-electron chi connectivity index (χ3n) is 2.83. The van der Waals surface area contributed by atoms with E-state index in [1.54, 1.807) is 13.8 Å². The molecule has 1 aromatic heterocycles. The van der Waals surface area contributed by atoms with Crippen LogP contribution in [-0.2, 0) is 19.1 Å². The summed E-state index contributed by atoms with van der Waals surface area (Å²) >= 11 is 0. The highest BCUT2D eigenvalue weighted by atomic mass is 16.5. The number of hydrogen-bond acceptors (Lipinski definition) is 6. The Labute approximate surface area is 134 Å². The van der Waals surface area contributed by atoms with E-state index in [0.29, 0.717) is 6.42 Å². The number of ketones is 1. The van der Waals surface area contributed by atoms with Crippen molar-refractivity contribution in [1.82, 2.24) is 4.98 Å². The predicted molar refractivity (Wildman–Crippen MR) is 84.6 cm³/mol. The molecule has 0 unspecified atom stereocenters. The van der Waals surface area contributed by atoms with Gasteiger partial charge in [0.1, 0.15) is 17.2 Å². The Morgan fingerprint density at radius 3 is 2.57 bits per heavy atom. The van der Waals surface area contributed by atoms with Gasteiger partial charge in [0.2, 0.25) is 5.91 Å². The summed E-state index contributed by atoms with van der Waals surface area (Å²) in [5, 5.41) is 12.9. The second kappa shape index (κ2) is 8.67. The summed E-state index contributed by atoms with van der Waals surface area (Å²) in [5.41, 5.74) is -0.358. The van der Waals surface area contributed by atoms with Gasteiger partial charge in [-0.3, -0.25) is 9.59 Å². The minimum atomic E-state index is -0.902. The highest BCUT2D eigenvalue weighted by molar-refractivity contribution is 6.22. The van der Waals surface area contributed by atoms with Crippen LogP contribution in [0.3, 0.4) is 0 Å². The average Bonchev–Trinajstić information content (AvgIpc) is 2.47. The van der Waals surface area contributed by atoms with Crippen molar-refractivity contribution in [1.29, 1.82) is 0 Å². The molecule has 7 heteroatoms. The normalized spacial score (nSPS) is 11.4. The van der Waals surface area contributed by atoms with Crippen molar-refractivity contribution in [2.24, 2.45) is 0 Å². The Morgan fingerprint density at radius 1 is 1.30 bits per heavy atom. The number of esters is 1. The third kappa shape index (κ3) is 4.91. The van der Waals surface area contributed by atoms with Crippen molar-refractivity contribution in [2.75, 3.05) is 11.9 Å². The van der Waals surface area contributed by atoms with Gasteiger partial charge in [0.25, 0.3) is 0 Å². The number of nitrogens with zero attached hydrogens (tertiary/aromatic N) is 1. The van der Waals surface area contributed by atoms with E-state index in [1.807, 2.05) is 0 Å². The number of ether oxygens (including phenoxy) is 1. The number of carbonyl (C=O) groups is 3. The van der Waals surface area contributed by atoms with Crippen LogP contribution in [-0.4, -0.2) is 34.4 Å². The van der Waals surface area contributed by atoms with Crippen LogP contribution in [0.1, 0.15) is 39.2 Å². The number of rotatable bonds is 7. The smallest absolute Gasteiger partial charge is 0.345 e. The van der Waals surface area contributed by atoms with Gasteiger partial charge in [-0.1, -0.05) is 6.92 Å². The number of amides is 1. The lowest BCUT2D eigenvalue weighted by molar-refractivity contribution is -0.140. The summed E-state index contributed by atoms with van der Waals surface area (Å²) in [6.07, 6.45) is 2.02. The molecule has 23 heavy (non-hydrogen) atoms. The molecule has 0 saturated heterocycles. The van der Waals surface area contributed by atoms with Crippen molar-refractivity contribution in [2.45, 2.75) is 33.6 Å². The molecule has 0 fully saturated rings. The van der Waals surface area contributed by atoms with Gasteiger partial charge in [0.15, 0.2) is 5.78 Å². The number of aliphatic hydroxyl groups excluding tert-OH is 1. The molecule has 0 bridgehead atoms. The monoisotopic (exact) mass is 320 g/mol. The molecule has 124 valence electrons. The summed E-state index contributed by atoms with van der Waals surface area (Å²) in [7, 11) is 0. The zero-order valence-corrected chi connectivity index (χ0v) is 13.4. The van der Waals surface area contributed by atoms with Crippen molar-refractivity contribution >= 4 is 29.2 Å². The first-order chi connectivity index (χ1) is 10.9. The highest BCUT2D eigenvalue weighted by Gasteiger charge is 2.26. The van der Waals surface area contributed by atoms with Crippen LogP contribution in [0.4, 0.5) is 5.82 Å². The molecule has 0 radical (unpaired) electrons. The molecule has 2 N–H and O–H groups in total. The van der Waals surface area contributed by atoms with Gasteiger partial charge < -0.3 is 15.2 Å². The third-order valence-corrected chi connectivity index (χ3v) is 2.83. The first kappa shape index (κ1) is 18.3. The van der Waals surface area contributed by atoms with Crippen molar-refractivity contribution in [3.05, 3.63) is 29.5 Å². The van der Waals surface area contributed by atoms with Gasteiger partial charge in [-0.05, 0) is 25.5 Å². The average molecular weight is 320 g/mol. The van der Waals surface area contributed by atoms with Gasteiger partial charge in [-0.2, -0.15) is 0 Å². The fourth-order valence-electron chi connectivity index (χ4n) is 1.90. The van der Waals surface area contributed by atoms with Gasteiger partial charge in [0, 0.05) is 19.5 Å². The van der Waals surface area contributed by atoms with Crippen molar-refractivity contribution < 1.29 is 24.2 Å². The fraction of sp³-hybridized carbons (Fsp3) is 0.375. The largest absolute Gasteiger partial charge is 0.506 e. The molecule has 0 saturated carbocycles. The van der Waals surface area contributed by atoms with E-state index < -0.39 is 29.0 Å². The number of hydrogen-bond donors (Lipinski definition) is 2. The van der Waals surface area contributed by atoms with Gasteiger partial charge in [-0.15, -0.1) is 0 Å². The maximum atomic E-state index is 12.2. The molecular weight excluding hydrogens is 300 g/mol. The number of nitrogens with one attached hydrogen (secondary N) is 1. The first-order valence-corrected chi connectivity index (χ1v) is 7.28. The number of aliphatic hydroxyl groups is 1. The quantitative estimate of drug-likeness (QED) is 0.262. The Balaban J connectivity index is 3.43. The topological polar surface area (TPSA) is 106 Å². The summed E-state index contributed by atoms with van der Waals surface area (Å²) < 4.78 is 4.85. The minimum absolute atomic E-state index is 0.0589. The molecular formula is C16H20N2O5. The molecule has 1 amide bonds. The molecule has 0 aliphatic heterocycles. The van der Waals surface area contributed by atoms with E-state index in [9.17, 15) is 19.5 Å². The summed E-state index contributed by atoms with van der Waals surface area (Å²) in [6.45, 7) is 4.74. The van der Waals surface area contributed by atoms with Crippen molar-refractivity contribution in [3.8, 4) is 0 Å². The van der Waals surface area contributed by atoms with Gasteiger partial charge in [0.05, 0.1) is 12.2 Å². The lowest BCUT2D eigenvalue weighted by Gasteiger charge is -2.12. The lowest BCUT2D eigenvalue weighted by atomic mass is 10.0. The van der Waals surface area contributed by atoms with Crippen LogP contribution in [0.5, 0.6) is 0 Å². The van der Waals surface area contributed by atoms with Crippen LogP contribution in [0.15, 0.2) is 23.9 Å². The molecule has 0 spiro atoms. The van der Waals surface area contributed by atoms with Gasteiger partial charge in [-0.25, -0.2) is 9.78 Å². The SMILES string of the molecule is CCCC(=O)/C(C(=O)OCC)=C(\O)c1cccnc1NC(C)=O. The standard InChI is InChI=1S/C16H20N2O5/c1-4-7-12(20)13(16(22)23-5-2)14(21)11-8-6-9-17-15(11)18-10(3)19/h6,8-9,21H,4-5,7H2,1-3H3,(H,17,18,19)/b14-13+. The Kier molecular flexibility index (Phi) is 6.92. The molecule has 0 atom stereocenters. The zero-order chi connectivity index (χ0) is 17.4. The first-order valence-electron chi connectivity index (χ1n) is 7.28. The van der Waals surface area contributed by atoms with E-state index in [1.165, 1.54) is 25.3 Å². The van der Waals surface area contributed by atoms with E-state index in [4.69, 9.17) is 4.74 Å². The van der Waals surface area contributed by atoms with Crippen LogP contribution in [0, 0.1) is 0 Å². The van der Waals surface area contributed by atoms with Gasteiger partial charge >= 0.3 is 5.97 Å². The molecule has 1 rings (SSSR count). The number of pyridine rings is 1. The fourth-order valence-corrected chi connectivity index (χ4v) is 1.90. The lowest BCUT2D eigenvalue weighted by Crippen LogP contribution is -2.19. The van der Waals surface area contributed by atoms with Crippen LogP contribution >= 0.6 is 0 Å². The Bertz CT molecular complexity index is 617. The minimum Gasteiger partial charge on any atom is -0.506 e. The second-order valence-electron chi connectivity index (χ2n) is 4.70. The number of carbonyl (C=O) groups excluding carboxylic acids is 3. The Hall–Kier alpha value is -2.70. The molecule has 0 aromatic carbocycles. The number of Topliss-reactive ketones (excluding diaryl/α,β-unsaturated/α-hetero) is 1. The maximum Gasteiger partial charge on any atom is 0.345 e.